The maximum atomic E-state index is 12.6. The fourth-order valence-corrected chi connectivity index (χ4v) is 3.98. The fraction of sp³-hybridized carbons (Fsp3) is 0.375. The normalized spacial score (nSPS) is 16.2. The molecular formula is C24H27N3O4. The van der Waals surface area contributed by atoms with Crippen molar-refractivity contribution in [2.24, 2.45) is 0 Å². The first kappa shape index (κ1) is 21.1. The van der Waals surface area contributed by atoms with Crippen molar-refractivity contribution in [3.63, 3.8) is 0 Å². The number of hydrogen-bond donors (Lipinski definition) is 1. The van der Waals surface area contributed by atoms with E-state index in [1.807, 2.05) is 43.3 Å². The number of hydrogen-bond acceptors (Lipinski definition) is 6. The molecule has 1 N–H and O–H groups in total. The zero-order chi connectivity index (χ0) is 21.8. The molecule has 1 amide bonds. The van der Waals surface area contributed by atoms with Crippen molar-refractivity contribution in [2.75, 3.05) is 20.2 Å². The Morgan fingerprint density at radius 2 is 1.87 bits per heavy atom. The number of esters is 1. The van der Waals surface area contributed by atoms with E-state index in [0.29, 0.717) is 12.1 Å². The van der Waals surface area contributed by atoms with Gasteiger partial charge in [-0.3, -0.25) is 9.69 Å². The van der Waals surface area contributed by atoms with Crippen LogP contribution in [0.5, 0.6) is 0 Å². The summed E-state index contributed by atoms with van der Waals surface area (Å²) in [4.78, 5) is 31.0. The zero-order valence-corrected chi connectivity index (χ0v) is 17.8. The van der Waals surface area contributed by atoms with E-state index in [9.17, 15) is 9.59 Å². The third-order valence-electron chi connectivity index (χ3n) is 5.96. The lowest BCUT2D eigenvalue weighted by Crippen LogP contribution is -2.47. The van der Waals surface area contributed by atoms with Crippen LogP contribution in [0, 0.1) is 0 Å². The Morgan fingerprint density at radius 3 is 2.55 bits per heavy atom. The largest absolute Gasteiger partial charge is 0.465 e. The molecule has 2 aromatic carbocycles. The van der Waals surface area contributed by atoms with Crippen molar-refractivity contribution < 1.29 is 18.7 Å². The molecule has 3 aromatic rings. The van der Waals surface area contributed by atoms with Gasteiger partial charge in [-0.25, -0.2) is 9.78 Å². The SMILES string of the molecule is COC(=O)c1ccc(CNC(=O)C(C)N2CCC(c3nc4ccccc4o3)CC2)cc1. The fourth-order valence-electron chi connectivity index (χ4n) is 3.98. The number of carbonyl (C=O) groups is 2. The van der Waals surface area contributed by atoms with E-state index in [0.717, 1.165) is 48.5 Å². The number of methoxy groups -OCH3 is 1. The number of aromatic nitrogens is 1. The minimum absolute atomic E-state index is 0.00245. The van der Waals surface area contributed by atoms with Gasteiger partial charge in [0, 0.05) is 12.5 Å². The Hall–Kier alpha value is -3.19. The maximum absolute atomic E-state index is 12.6. The summed E-state index contributed by atoms with van der Waals surface area (Å²) >= 11 is 0. The number of ether oxygens (including phenoxy) is 1. The van der Waals surface area contributed by atoms with Gasteiger partial charge in [-0.05, 0) is 62.7 Å². The standard InChI is InChI=1S/C24H27N3O4/c1-16(22(28)25-15-17-7-9-19(10-8-17)24(29)30-2)27-13-11-18(12-14-27)23-26-20-5-3-4-6-21(20)31-23/h3-10,16,18H,11-15H2,1-2H3,(H,25,28). The number of piperidine rings is 1. The Balaban J connectivity index is 1.27. The van der Waals surface area contributed by atoms with Gasteiger partial charge in [-0.2, -0.15) is 0 Å². The Morgan fingerprint density at radius 1 is 1.16 bits per heavy atom. The van der Waals surface area contributed by atoms with Gasteiger partial charge in [0.1, 0.15) is 5.52 Å². The average Bonchev–Trinajstić information content (AvgIpc) is 3.26. The molecule has 0 aliphatic carbocycles. The summed E-state index contributed by atoms with van der Waals surface area (Å²) in [6.45, 7) is 4.01. The lowest BCUT2D eigenvalue weighted by atomic mass is 9.95. The first-order chi connectivity index (χ1) is 15.0. The van der Waals surface area contributed by atoms with Crippen molar-refractivity contribution in [1.29, 1.82) is 0 Å². The second kappa shape index (κ2) is 9.31. The molecule has 0 spiro atoms. The summed E-state index contributed by atoms with van der Waals surface area (Å²) in [5, 5.41) is 2.99. The summed E-state index contributed by atoms with van der Waals surface area (Å²) in [5.74, 6) is 0.711. The predicted molar refractivity (Wildman–Crippen MR) is 117 cm³/mol. The van der Waals surface area contributed by atoms with Gasteiger partial charge in [-0.15, -0.1) is 0 Å². The molecule has 1 atom stereocenters. The molecule has 0 bridgehead atoms. The first-order valence-electron chi connectivity index (χ1n) is 10.6. The number of rotatable bonds is 6. The molecule has 0 radical (unpaired) electrons. The second-order valence-electron chi connectivity index (χ2n) is 7.91. The third-order valence-corrected chi connectivity index (χ3v) is 5.96. The molecule has 0 saturated carbocycles. The highest BCUT2D eigenvalue weighted by Crippen LogP contribution is 2.30. The summed E-state index contributed by atoms with van der Waals surface area (Å²) in [7, 11) is 1.36. The van der Waals surface area contributed by atoms with E-state index in [4.69, 9.17) is 9.15 Å². The quantitative estimate of drug-likeness (QED) is 0.613. The number of carbonyl (C=O) groups excluding carboxylic acids is 2. The highest BCUT2D eigenvalue weighted by molar-refractivity contribution is 5.89. The molecule has 1 aliphatic heterocycles. The average molecular weight is 421 g/mol. The van der Waals surface area contributed by atoms with Gasteiger partial charge >= 0.3 is 5.97 Å². The zero-order valence-electron chi connectivity index (χ0n) is 17.8. The predicted octanol–water partition coefficient (Wildman–Crippen LogP) is 3.50. The Labute approximate surface area is 181 Å². The van der Waals surface area contributed by atoms with Crippen LogP contribution in [-0.2, 0) is 16.1 Å². The van der Waals surface area contributed by atoms with Crippen molar-refractivity contribution in [1.82, 2.24) is 15.2 Å². The number of nitrogens with zero attached hydrogens (tertiary/aromatic N) is 2. The first-order valence-corrected chi connectivity index (χ1v) is 10.6. The van der Waals surface area contributed by atoms with E-state index in [1.165, 1.54) is 7.11 Å². The number of amides is 1. The molecule has 4 rings (SSSR count). The van der Waals surface area contributed by atoms with Crippen molar-refractivity contribution >= 4 is 23.0 Å². The van der Waals surface area contributed by atoms with Crippen molar-refractivity contribution in [2.45, 2.75) is 38.3 Å². The monoisotopic (exact) mass is 421 g/mol. The topological polar surface area (TPSA) is 84.7 Å². The van der Waals surface area contributed by atoms with Crippen LogP contribution in [0.2, 0.25) is 0 Å². The minimum Gasteiger partial charge on any atom is -0.465 e. The molecule has 1 unspecified atom stereocenters. The number of likely N-dealkylation sites (tertiary alicyclic amines) is 1. The molecule has 7 nitrogen and oxygen atoms in total. The Kier molecular flexibility index (Phi) is 6.32. The summed E-state index contributed by atoms with van der Waals surface area (Å²) < 4.78 is 10.6. The molecular weight excluding hydrogens is 394 g/mol. The molecule has 1 saturated heterocycles. The number of para-hydroxylation sites is 2. The molecule has 1 aromatic heterocycles. The third kappa shape index (κ3) is 4.77. The van der Waals surface area contributed by atoms with Gasteiger partial charge in [0.15, 0.2) is 11.5 Å². The van der Waals surface area contributed by atoms with Crippen molar-refractivity contribution in [3.8, 4) is 0 Å². The minimum atomic E-state index is -0.370. The lowest BCUT2D eigenvalue weighted by molar-refractivity contribution is -0.126. The van der Waals surface area contributed by atoms with Gasteiger partial charge in [-0.1, -0.05) is 24.3 Å². The number of nitrogens with one attached hydrogen (secondary N) is 1. The van der Waals surface area contributed by atoms with Crippen LogP contribution in [-0.4, -0.2) is 48.0 Å². The number of oxazole rings is 1. The summed E-state index contributed by atoms with van der Waals surface area (Å²) in [6.07, 6.45) is 1.83. The highest BCUT2D eigenvalue weighted by atomic mass is 16.5. The molecule has 162 valence electrons. The van der Waals surface area contributed by atoms with Gasteiger partial charge in [0.05, 0.1) is 18.7 Å². The van der Waals surface area contributed by atoms with E-state index in [1.54, 1.807) is 12.1 Å². The lowest BCUT2D eigenvalue weighted by Gasteiger charge is -2.34. The van der Waals surface area contributed by atoms with E-state index >= 15 is 0 Å². The molecule has 1 aliphatic rings. The van der Waals surface area contributed by atoms with E-state index in [-0.39, 0.29) is 23.8 Å². The van der Waals surface area contributed by atoms with E-state index in [2.05, 4.69) is 15.2 Å². The second-order valence-corrected chi connectivity index (χ2v) is 7.91. The summed E-state index contributed by atoms with van der Waals surface area (Å²) in [6, 6.07) is 14.7. The molecule has 31 heavy (non-hydrogen) atoms. The van der Waals surface area contributed by atoms with Crippen LogP contribution in [0.15, 0.2) is 52.9 Å². The van der Waals surface area contributed by atoms with Gasteiger partial charge < -0.3 is 14.5 Å². The Bertz CT molecular complexity index is 1020. The van der Waals surface area contributed by atoms with Gasteiger partial charge in [0.2, 0.25) is 5.91 Å². The van der Waals surface area contributed by atoms with Crippen LogP contribution < -0.4 is 5.32 Å². The molecule has 2 heterocycles. The number of benzene rings is 2. The molecule has 1 fully saturated rings. The van der Waals surface area contributed by atoms with Crippen LogP contribution in [0.25, 0.3) is 11.1 Å². The summed E-state index contributed by atoms with van der Waals surface area (Å²) in [5.41, 5.74) is 3.15. The van der Waals surface area contributed by atoms with Crippen LogP contribution >= 0.6 is 0 Å². The van der Waals surface area contributed by atoms with Crippen LogP contribution in [0.3, 0.4) is 0 Å². The van der Waals surface area contributed by atoms with E-state index < -0.39 is 0 Å². The maximum Gasteiger partial charge on any atom is 0.337 e. The van der Waals surface area contributed by atoms with Crippen LogP contribution in [0.4, 0.5) is 0 Å². The van der Waals surface area contributed by atoms with Crippen molar-refractivity contribution in [3.05, 3.63) is 65.5 Å². The van der Waals surface area contributed by atoms with Crippen LogP contribution in [0.1, 0.15) is 47.5 Å². The highest BCUT2D eigenvalue weighted by Gasteiger charge is 2.29. The van der Waals surface area contributed by atoms with Gasteiger partial charge in [0.25, 0.3) is 0 Å². The number of fused-ring (bicyclic) bond motifs is 1. The smallest absolute Gasteiger partial charge is 0.337 e. The molecule has 7 heteroatoms.